The van der Waals surface area contributed by atoms with Crippen LogP contribution in [-0.2, 0) is 17.8 Å². The lowest BCUT2D eigenvalue weighted by atomic mass is 9.98. The molecule has 130 valence electrons. The first kappa shape index (κ1) is 17.2. The van der Waals surface area contributed by atoms with Crippen molar-refractivity contribution in [3.05, 3.63) is 65.2 Å². The molecule has 1 aliphatic heterocycles. The number of benzene rings is 2. The highest BCUT2D eigenvalue weighted by Crippen LogP contribution is 2.24. The molecule has 0 fully saturated rings. The van der Waals surface area contributed by atoms with Gasteiger partial charge in [-0.25, -0.2) is 0 Å². The van der Waals surface area contributed by atoms with E-state index in [1.54, 1.807) is 0 Å². The smallest absolute Gasteiger partial charge is 0.254 e. The molecule has 0 aliphatic carbocycles. The molecular weight excluding hydrogens is 312 g/mol. The van der Waals surface area contributed by atoms with Gasteiger partial charge in [-0.2, -0.15) is 0 Å². The first-order valence-electron chi connectivity index (χ1n) is 8.93. The van der Waals surface area contributed by atoms with Gasteiger partial charge in [0, 0.05) is 30.8 Å². The van der Waals surface area contributed by atoms with Crippen LogP contribution in [0.25, 0.3) is 0 Å². The molecule has 0 atom stereocenters. The molecule has 0 bridgehead atoms. The Labute approximate surface area is 148 Å². The van der Waals surface area contributed by atoms with E-state index in [0.29, 0.717) is 13.0 Å². The van der Waals surface area contributed by atoms with Gasteiger partial charge in [0.15, 0.2) is 0 Å². The number of nitrogens with one attached hydrogen (secondary N) is 1. The fraction of sp³-hybridized carbons (Fsp3) is 0.333. The molecular formula is C21H24N2O2. The van der Waals surface area contributed by atoms with E-state index in [0.717, 1.165) is 42.6 Å². The predicted octanol–water partition coefficient (Wildman–Crippen LogP) is 4.01. The van der Waals surface area contributed by atoms with E-state index < -0.39 is 0 Å². The highest BCUT2D eigenvalue weighted by Gasteiger charge is 2.22. The van der Waals surface area contributed by atoms with E-state index in [2.05, 4.69) is 18.3 Å². The largest absolute Gasteiger partial charge is 0.334 e. The minimum absolute atomic E-state index is 0.0508. The molecule has 0 aromatic heterocycles. The summed E-state index contributed by atoms with van der Waals surface area (Å²) >= 11 is 0. The van der Waals surface area contributed by atoms with Crippen molar-refractivity contribution in [3.8, 4) is 0 Å². The van der Waals surface area contributed by atoms with Crippen molar-refractivity contribution in [1.29, 1.82) is 0 Å². The molecule has 4 nitrogen and oxygen atoms in total. The highest BCUT2D eigenvalue weighted by atomic mass is 16.2. The molecule has 2 aromatic rings. The number of hydrogen-bond acceptors (Lipinski definition) is 2. The zero-order chi connectivity index (χ0) is 17.6. The number of carbonyl (C=O) groups excluding carboxylic acids is 2. The van der Waals surface area contributed by atoms with Crippen molar-refractivity contribution in [3.63, 3.8) is 0 Å². The Morgan fingerprint density at radius 3 is 2.64 bits per heavy atom. The van der Waals surface area contributed by atoms with E-state index in [1.807, 2.05) is 47.4 Å². The van der Waals surface area contributed by atoms with Crippen molar-refractivity contribution in [1.82, 2.24) is 4.90 Å². The second kappa shape index (κ2) is 7.97. The van der Waals surface area contributed by atoms with Gasteiger partial charge in [0.2, 0.25) is 5.91 Å². The molecule has 1 N–H and O–H groups in total. The van der Waals surface area contributed by atoms with Crippen molar-refractivity contribution in [2.75, 3.05) is 11.9 Å². The van der Waals surface area contributed by atoms with Crippen LogP contribution in [0.2, 0.25) is 0 Å². The van der Waals surface area contributed by atoms with Crippen LogP contribution in [0, 0.1) is 0 Å². The molecule has 2 aromatic carbocycles. The average Bonchev–Trinajstić information content (AvgIpc) is 2.66. The summed E-state index contributed by atoms with van der Waals surface area (Å²) in [6.07, 6.45) is 3.30. The standard InChI is InChI=1S/C21H24N2O2/c1-2-3-9-20(24)22-19-11-10-16-12-13-23(15-18(16)14-19)21(25)17-7-5-4-6-8-17/h4-8,10-11,14H,2-3,9,12-13,15H2,1H3,(H,22,24). The highest BCUT2D eigenvalue weighted by molar-refractivity contribution is 5.94. The molecule has 0 saturated heterocycles. The Morgan fingerprint density at radius 1 is 1.08 bits per heavy atom. The molecule has 0 unspecified atom stereocenters. The number of anilines is 1. The summed E-state index contributed by atoms with van der Waals surface area (Å²) in [5, 5.41) is 2.96. The number of fused-ring (bicyclic) bond motifs is 1. The van der Waals surface area contributed by atoms with E-state index in [9.17, 15) is 9.59 Å². The molecule has 4 heteroatoms. The summed E-state index contributed by atoms with van der Waals surface area (Å²) in [4.78, 5) is 26.4. The first-order valence-corrected chi connectivity index (χ1v) is 8.93. The first-order chi connectivity index (χ1) is 12.2. The molecule has 1 aliphatic rings. The van der Waals surface area contributed by atoms with Crippen LogP contribution in [-0.4, -0.2) is 23.3 Å². The van der Waals surface area contributed by atoms with Crippen LogP contribution < -0.4 is 5.32 Å². The summed E-state index contributed by atoms with van der Waals surface area (Å²) < 4.78 is 0. The maximum Gasteiger partial charge on any atom is 0.254 e. The van der Waals surface area contributed by atoms with Crippen LogP contribution in [0.15, 0.2) is 48.5 Å². The normalized spacial score (nSPS) is 13.2. The Kier molecular flexibility index (Phi) is 5.49. The van der Waals surface area contributed by atoms with Crippen LogP contribution in [0.3, 0.4) is 0 Å². The van der Waals surface area contributed by atoms with Gasteiger partial charge >= 0.3 is 0 Å². The summed E-state index contributed by atoms with van der Waals surface area (Å²) in [5.41, 5.74) is 3.90. The number of rotatable bonds is 5. The Hall–Kier alpha value is -2.62. The van der Waals surface area contributed by atoms with Crippen molar-refractivity contribution in [2.45, 2.75) is 39.2 Å². The third kappa shape index (κ3) is 4.27. The molecule has 25 heavy (non-hydrogen) atoms. The molecule has 2 amide bonds. The lowest BCUT2D eigenvalue weighted by molar-refractivity contribution is -0.116. The number of amides is 2. The van der Waals surface area contributed by atoms with Crippen LogP contribution in [0.5, 0.6) is 0 Å². The van der Waals surface area contributed by atoms with Gasteiger partial charge < -0.3 is 10.2 Å². The Bertz CT molecular complexity index is 756. The van der Waals surface area contributed by atoms with Crippen LogP contribution >= 0.6 is 0 Å². The van der Waals surface area contributed by atoms with E-state index in [1.165, 1.54) is 5.56 Å². The third-order valence-corrected chi connectivity index (χ3v) is 4.57. The second-order valence-corrected chi connectivity index (χ2v) is 6.48. The topological polar surface area (TPSA) is 49.4 Å². The fourth-order valence-corrected chi connectivity index (χ4v) is 3.13. The van der Waals surface area contributed by atoms with Crippen molar-refractivity contribution >= 4 is 17.5 Å². The molecule has 0 saturated carbocycles. The maximum absolute atomic E-state index is 12.6. The molecule has 0 spiro atoms. The van der Waals surface area contributed by atoms with Crippen LogP contribution in [0.1, 0.15) is 47.7 Å². The lowest BCUT2D eigenvalue weighted by Gasteiger charge is -2.29. The quantitative estimate of drug-likeness (QED) is 0.897. The third-order valence-electron chi connectivity index (χ3n) is 4.57. The summed E-state index contributed by atoms with van der Waals surface area (Å²) in [6.45, 7) is 3.38. The number of carbonyl (C=O) groups is 2. The van der Waals surface area contributed by atoms with Gasteiger partial charge in [0.25, 0.3) is 5.91 Å². The molecule has 3 rings (SSSR count). The zero-order valence-electron chi connectivity index (χ0n) is 14.6. The predicted molar refractivity (Wildman–Crippen MR) is 99.5 cm³/mol. The monoisotopic (exact) mass is 336 g/mol. The Balaban J connectivity index is 1.70. The maximum atomic E-state index is 12.6. The van der Waals surface area contributed by atoms with Gasteiger partial charge in [-0.1, -0.05) is 37.6 Å². The molecule has 1 heterocycles. The van der Waals surface area contributed by atoms with Gasteiger partial charge in [-0.3, -0.25) is 9.59 Å². The summed E-state index contributed by atoms with van der Waals surface area (Å²) in [7, 11) is 0. The average molecular weight is 336 g/mol. The molecule has 0 radical (unpaired) electrons. The van der Waals surface area contributed by atoms with Gasteiger partial charge in [-0.05, 0) is 48.2 Å². The van der Waals surface area contributed by atoms with Crippen LogP contribution in [0.4, 0.5) is 5.69 Å². The second-order valence-electron chi connectivity index (χ2n) is 6.48. The van der Waals surface area contributed by atoms with Crippen molar-refractivity contribution in [2.24, 2.45) is 0 Å². The van der Waals surface area contributed by atoms with Crippen molar-refractivity contribution < 1.29 is 9.59 Å². The summed E-state index contributed by atoms with van der Waals surface area (Å²) in [5.74, 6) is 0.110. The minimum atomic E-state index is 0.0508. The Morgan fingerprint density at radius 2 is 1.88 bits per heavy atom. The SMILES string of the molecule is CCCCC(=O)Nc1ccc2c(c1)CN(C(=O)c1ccccc1)CC2. The number of nitrogens with zero attached hydrogens (tertiary/aromatic N) is 1. The van der Waals surface area contributed by atoms with E-state index >= 15 is 0 Å². The van der Waals surface area contributed by atoms with E-state index in [4.69, 9.17) is 0 Å². The fourth-order valence-electron chi connectivity index (χ4n) is 3.13. The number of hydrogen-bond donors (Lipinski definition) is 1. The lowest BCUT2D eigenvalue weighted by Crippen LogP contribution is -2.36. The zero-order valence-corrected chi connectivity index (χ0v) is 14.6. The van der Waals surface area contributed by atoms with Gasteiger partial charge in [0.05, 0.1) is 0 Å². The van der Waals surface area contributed by atoms with Gasteiger partial charge in [-0.15, -0.1) is 0 Å². The minimum Gasteiger partial charge on any atom is -0.334 e. The summed E-state index contributed by atoms with van der Waals surface area (Å²) in [6, 6.07) is 15.4. The van der Waals surface area contributed by atoms with E-state index in [-0.39, 0.29) is 11.8 Å². The van der Waals surface area contributed by atoms with Gasteiger partial charge in [0.1, 0.15) is 0 Å². The number of unbranched alkanes of at least 4 members (excludes halogenated alkanes) is 1.